The van der Waals surface area contributed by atoms with Gasteiger partial charge in [0.1, 0.15) is 12.4 Å². The molecule has 1 amide bonds. The first-order chi connectivity index (χ1) is 27.6. The first-order valence-electron chi connectivity index (χ1n) is 20.3. The average molecular weight is 784 g/mol. The molecule has 0 radical (unpaired) electrons. The molecule has 3 aliphatic heterocycles. The predicted octanol–water partition coefficient (Wildman–Crippen LogP) is 3.76. The number of anilines is 1. The molecule has 3 aromatic rings. The molecule has 0 saturated carbocycles. The number of ether oxygens (including phenoxy) is 1. The number of carboxylic acid groups (broad SMARTS) is 3. The van der Waals surface area contributed by atoms with Crippen molar-refractivity contribution in [2.45, 2.75) is 45.1 Å². The molecule has 3 aromatic carbocycles. The molecule has 3 saturated heterocycles. The summed E-state index contributed by atoms with van der Waals surface area (Å²) in [4.78, 5) is 52.2. The molecule has 0 unspecified atom stereocenters. The zero-order valence-electron chi connectivity index (χ0n) is 32.5. The lowest BCUT2D eigenvalue weighted by atomic mass is 9.86. The van der Waals surface area contributed by atoms with E-state index in [-0.39, 0.29) is 49.9 Å². The molecule has 13 nitrogen and oxygen atoms in total. The number of amides is 1. The van der Waals surface area contributed by atoms with E-state index in [1.165, 1.54) is 0 Å². The molecule has 6 atom stereocenters. The molecule has 3 heterocycles. The maximum absolute atomic E-state index is 14.0. The second-order valence-corrected chi connectivity index (χ2v) is 15.9. The highest BCUT2D eigenvalue weighted by Gasteiger charge is 2.33. The lowest BCUT2D eigenvalue weighted by Gasteiger charge is -2.24. The highest BCUT2D eigenvalue weighted by Crippen LogP contribution is 2.28. The normalized spacial score (nSPS) is 20.7. The minimum atomic E-state index is -0.801. The number of nitrogens with zero attached hydrogens (tertiary/aromatic N) is 1. The van der Waals surface area contributed by atoms with Gasteiger partial charge in [-0.25, -0.2) is 0 Å². The highest BCUT2D eigenvalue weighted by molar-refractivity contribution is 5.81. The van der Waals surface area contributed by atoms with Gasteiger partial charge in [-0.05, 0) is 142 Å². The van der Waals surface area contributed by atoms with Crippen molar-refractivity contribution in [1.82, 2.24) is 20.9 Å². The first-order valence-corrected chi connectivity index (χ1v) is 20.3. The Labute approximate surface area is 334 Å². The summed E-state index contributed by atoms with van der Waals surface area (Å²) in [6, 6.07) is 22.8. The van der Waals surface area contributed by atoms with Crippen LogP contribution < -0.4 is 26.0 Å². The zero-order valence-corrected chi connectivity index (χ0v) is 32.5. The van der Waals surface area contributed by atoms with Crippen molar-refractivity contribution >= 4 is 29.5 Å². The summed E-state index contributed by atoms with van der Waals surface area (Å²) in [5, 5.41) is 43.0. The molecule has 0 aromatic heterocycles. The fourth-order valence-corrected chi connectivity index (χ4v) is 8.69. The standard InChI is InChI=1S/C44H57N5O8/c50-41(27-48-36-8-2-5-30(19-36)22-39(43(53)54)34-11-14-46-25-34)49(28-32-7-1-4-29(18-32)21-38(42(51)52)33-10-13-45-24-33)16-17-57-37-9-3-6-31(20-37)23-40(44(55)56)35-12-15-47-26-35/h1-9,18-20,33-35,38-40,45-48H,10-17,21-28H2,(H,51,52)(H,53,54)(H,55,56)/t33-,34-,35-,38-,39-,40-/m0/s1. The van der Waals surface area contributed by atoms with Crippen LogP contribution in [0.1, 0.15) is 41.5 Å². The Morgan fingerprint density at radius 1 is 0.649 bits per heavy atom. The second-order valence-electron chi connectivity index (χ2n) is 15.9. The number of carboxylic acids is 3. The van der Waals surface area contributed by atoms with Gasteiger partial charge in [0.05, 0.1) is 30.8 Å². The van der Waals surface area contributed by atoms with Crippen LogP contribution in [0.2, 0.25) is 0 Å². The summed E-state index contributed by atoms with van der Waals surface area (Å²) in [7, 11) is 0. The molecule has 3 aliphatic rings. The van der Waals surface area contributed by atoms with Gasteiger partial charge in [0, 0.05) is 12.2 Å². The predicted molar refractivity (Wildman–Crippen MR) is 216 cm³/mol. The molecule has 57 heavy (non-hydrogen) atoms. The molecule has 306 valence electrons. The smallest absolute Gasteiger partial charge is 0.307 e. The largest absolute Gasteiger partial charge is 0.492 e. The quantitative estimate of drug-likeness (QED) is 0.0830. The van der Waals surface area contributed by atoms with Crippen LogP contribution in [-0.2, 0) is 45.0 Å². The second kappa shape index (κ2) is 20.4. The topological polar surface area (TPSA) is 190 Å². The van der Waals surface area contributed by atoms with Gasteiger partial charge in [-0.1, -0.05) is 48.5 Å². The van der Waals surface area contributed by atoms with Crippen molar-refractivity contribution in [1.29, 1.82) is 0 Å². The number of aliphatic carboxylic acids is 3. The number of rotatable bonds is 21. The monoisotopic (exact) mass is 783 g/mol. The van der Waals surface area contributed by atoms with Crippen molar-refractivity contribution in [3.8, 4) is 5.75 Å². The first kappa shape index (κ1) is 41.6. The lowest BCUT2D eigenvalue weighted by Crippen LogP contribution is -2.38. The molecule has 0 spiro atoms. The van der Waals surface area contributed by atoms with Gasteiger partial charge in [-0.3, -0.25) is 19.2 Å². The summed E-state index contributed by atoms with van der Waals surface area (Å²) in [6.45, 7) is 5.28. The fourth-order valence-electron chi connectivity index (χ4n) is 8.69. The Hall–Kier alpha value is -4.98. The zero-order chi connectivity index (χ0) is 40.1. The average Bonchev–Trinajstić information content (AvgIpc) is 4.03. The Bertz CT molecular complexity index is 1820. The van der Waals surface area contributed by atoms with Crippen LogP contribution in [0.15, 0.2) is 72.8 Å². The Kier molecular flexibility index (Phi) is 14.9. The van der Waals surface area contributed by atoms with Crippen LogP contribution in [0, 0.1) is 35.5 Å². The van der Waals surface area contributed by atoms with E-state index in [9.17, 15) is 34.5 Å². The molecular weight excluding hydrogens is 727 g/mol. The van der Waals surface area contributed by atoms with Gasteiger partial charge in [0.25, 0.3) is 0 Å². The van der Waals surface area contributed by atoms with E-state index in [0.29, 0.717) is 44.6 Å². The van der Waals surface area contributed by atoms with Gasteiger partial charge in [-0.15, -0.1) is 0 Å². The number of hydrogen-bond donors (Lipinski definition) is 7. The molecule has 0 bridgehead atoms. The van der Waals surface area contributed by atoms with E-state index >= 15 is 0 Å². The number of hydrogen-bond acceptors (Lipinski definition) is 9. The summed E-state index contributed by atoms with van der Waals surface area (Å²) in [5.41, 5.74) is 4.27. The molecule has 7 N–H and O–H groups in total. The van der Waals surface area contributed by atoms with Crippen LogP contribution in [0.3, 0.4) is 0 Å². The van der Waals surface area contributed by atoms with E-state index in [1.54, 1.807) is 4.90 Å². The Morgan fingerprint density at radius 3 is 1.63 bits per heavy atom. The van der Waals surface area contributed by atoms with Crippen molar-refractivity contribution in [2.24, 2.45) is 35.5 Å². The number of carbonyl (C=O) groups is 4. The van der Waals surface area contributed by atoms with Gasteiger partial charge in [0.2, 0.25) is 5.91 Å². The third-order valence-electron chi connectivity index (χ3n) is 11.9. The Balaban J connectivity index is 1.12. The number of nitrogens with one attached hydrogen (secondary N) is 4. The SMILES string of the molecule is O=C(O)[C@@H](Cc1cccc(CN(CCOc2cccc(C[C@H](C(=O)O)[C@H]3CCNC3)c2)C(=O)CNc2cccc(C[C@H](C(=O)O)[C@H]3CCNC3)c2)c1)[C@H]1CCNC1. The molecule has 6 rings (SSSR count). The summed E-state index contributed by atoms with van der Waals surface area (Å²) < 4.78 is 6.17. The van der Waals surface area contributed by atoms with Crippen molar-refractivity contribution in [3.05, 3.63) is 95.1 Å². The van der Waals surface area contributed by atoms with Crippen LogP contribution in [0.25, 0.3) is 0 Å². The third kappa shape index (κ3) is 12.0. The van der Waals surface area contributed by atoms with E-state index in [1.807, 2.05) is 72.8 Å². The fraction of sp³-hybridized carbons (Fsp3) is 0.500. The maximum Gasteiger partial charge on any atom is 0.307 e. The van der Waals surface area contributed by atoms with Crippen LogP contribution in [-0.4, -0.2) is 103 Å². The summed E-state index contributed by atoms with van der Waals surface area (Å²) in [5.74, 6) is -3.24. The number of benzene rings is 3. The van der Waals surface area contributed by atoms with E-state index in [0.717, 1.165) is 66.8 Å². The molecule has 0 aliphatic carbocycles. The van der Waals surface area contributed by atoms with Crippen molar-refractivity contribution in [2.75, 3.05) is 64.3 Å². The molecule has 13 heteroatoms. The molecule has 3 fully saturated rings. The van der Waals surface area contributed by atoms with Gasteiger partial charge in [0.15, 0.2) is 0 Å². The maximum atomic E-state index is 14.0. The van der Waals surface area contributed by atoms with E-state index in [4.69, 9.17) is 4.74 Å². The van der Waals surface area contributed by atoms with E-state index < -0.39 is 35.7 Å². The van der Waals surface area contributed by atoms with Gasteiger partial charge in [-0.2, -0.15) is 0 Å². The number of carbonyl (C=O) groups excluding carboxylic acids is 1. The van der Waals surface area contributed by atoms with Crippen molar-refractivity contribution in [3.63, 3.8) is 0 Å². The molecular formula is C44H57N5O8. The van der Waals surface area contributed by atoms with E-state index in [2.05, 4.69) is 21.3 Å². The van der Waals surface area contributed by atoms with Crippen LogP contribution in [0.5, 0.6) is 5.75 Å². The van der Waals surface area contributed by atoms with Gasteiger partial charge >= 0.3 is 17.9 Å². The summed E-state index contributed by atoms with van der Waals surface area (Å²) >= 11 is 0. The highest BCUT2D eigenvalue weighted by atomic mass is 16.5. The van der Waals surface area contributed by atoms with Crippen LogP contribution >= 0.6 is 0 Å². The third-order valence-corrected chi connectivity index (χ3v) is 11.9. The van der Waals surface area contributed by atoms with Gasteiger partial charge < -0.3 is 46.2 Å². The minimum absolute atomic E-state index is 0.00407. The summed E-state index contributed by atoms with van der Waals surface area (Å²) in [6.07, 6.45) is 3.71. The minimum Gasteiger partial charge on any atom is -0.492 e. The van der Waals surface area contributed by atoms with Crippen LogP contribution in [0.4, 0.5) is 5.69 Å². The van der Waals surface area contributed by atoms with Crippen molar-refractivity contribution < 1.29 is 39.2 Å². The Morgan fingerprint density at radius 2 is 1.12 bits per heavy atom. The lowest BCUT2D eigenvalue weighted by molar-refractivity contribution is -0.144.